The topological polar surface area (TPSA) is 92.5 Å². The fraction of sp³-hybridized carbons (Fsp3) is 0.250. The van der Waals surface area contributed by atoms with Crippen LogP contribution in [0.15, 0.2) is 72.1 Å². The number of halogens is 1. The van der Waals surface area contributed by atoms with Gasteiger partial charge in [-0.25, -0.2) is 8.42 Å². The fourth-order valence-corrected chi connectivity index (χ4v) is 4.80. The molecule has 1 aliphatic heterocycles. The number of nitrogens with one attached hydrogen (secondary N) is 1. The molecule has 8 heteroatoms. The summed E-state index contributed by atoms with van der Waals surface area (Å²) in [6.45, 7) is 4.43. The van der Waals surface area contributed by atoms with Gasteiger partial charge in [-0.15, -0.1) is 19.0 Å². The summed E-state index contributed by atoms with van der Waals surface area (Å²) < 4.78 is 27.5. The molecular formula is C20H24ClN3O3S. The number of carbonyl (C=O) groups is 1. The Bertz CT molecular complexity index is 935. The van der Waals surface area contributed by atoms with Crippen LogP contribution in [0.3, 0.4) is 0 Å². The van der Waals surface area contributed by atoms with E-state index in [0.717, 1.165) is 5.56 Å². The third-order valence-electron chi connectivity index (χ3n) is 4.70. The Morgan fingerprint density at radius 1 is 1.18 bits per heavy atom. The van der Waals surface area contributed by atoms with Crippen molar-refractivity contribution in [1.29, 1.82) is 0 Å². The second-order valence-electron chi connectivity index (χ2n) is 6.53. The van der Waals surface area contributed by atoms with Crippen LogP contribution in [0.1, 0.15) is 21.8 Å². The molecule has 1 heterocycles. The largest absolute Gasteiger partial charge is 0.349 e. The van der Waals surface area contributed by atoms with Crippen LogP contribution in [-0.2, 0) is 10.0 Å². The van der Waals surface area contributed by atoms with Gasteiger partial charge in [0.15, 0.2) is 0 Å². The highest BCUT2D eigenvalue weighted by molar-refractivity contribution is 7.89. The molecule has 1 aliphatic rings. The maximum Gasteiger partial charge on any atom is 0.251 e. The second-order valence-corrected chi connectivity index (χ2v) is 8.47. The van der Waals surface area contributed by atoms with Gasteiger partial charge in [0, 0.05) is 37.2 Å². The van der Waals surface area contributed by atoms with E-state index in [1.54, 1.807) is 18.2 Å². The first-order chi connectivity index (χ1) is 12.9. The molecule has 0 aromatic heterocycles. The molecule has 2 atom stereocenters. The molecule has 0 radical (unpaired) electrons. The van der Waals surface area contributed by atoms with Crippen molar-refractivity contribution < 1.29 is 13.2 Å². The SMILES string of the molecule is C=CCNC(=O)c1cccc(S(=O)(=O)N2C[C@@H](N)[C@H](c3ccccc3)C2)c1.Cl. The minimum atomic E-state index is -3.74. The van der Waals surface area contributed by atoms with E-state index in [1.165, 1.54) is 16.4 Å². The monoisotopic (exact) mass is 421 g/mol. The van der Waals surface area contributed by atoms with Crippen molar-refractivity contribution in [1.82, 2.24) is 9.62 Å². The van der Waals surface area contributed by atoms with Crippen molar-refractivity contribution in [2.24, 2.45) is 5.73 Å². The Kier molecular flexibility index (Phi) is 7.37. The summed E-state index contributed by atoms with van der Waals surface area (Å²) in [4.78, 5) is 12.2. The summed E-state index contributed by atoms with van der Waals surface area (Å²) in [5, 5.41) is 2.65. The van der Waals surface area contributed by atoms with Crippen LogP contribution < -0.4 is 11.1 Å². The number of carbonyl (C=O) groups excluding carboxylic acids is 1. The lowest BCUT2D eigenvalue weighted by molar-refractivity contribution is 0.0958. The standard InChI is InChI=1S/C20H23N3O3S.ClH/c1-2-11-22-20(24)16-9-6-10-17(12-16)27(25,26)23-13-18(19(21)14-23)15-7-4-3-5-8-15;/h2-10,12,18-19H,1,11,13-14,21H2,(H,22,24);1H/t18-,19+;/m0./s1. The molecule has 1 amide bonds. The average molecular weight is 422 g/mol. The zero-order valence-electron chi connectivity index (χ0n) is 15.3. The van der Waals surface area contributed by atoms with Crippen molar-refractivity contribution in [2.45, 2.75) is 16.9 Å². The van der Waals surface area contributed by atoms with Gasteiger partial charge < -0.3 is 11.1 Å². The smallest absolute Gasteiger partial charge is 0.251 e. The Morgan fingerprint density at radius 3 is 2.57 bits per heavy atom. The van der Waals surface area contributed by atoms with Crippen LogP contribution >= 0.6 is 12.4 Å². The van der Waals surface area contributed by atoms with Crippen molar-refractivity contribution >= 4 is 28.3 Å². The van der Waals surface area contributed by atoms with E-state index in [-0.39, 0.29) is 41.7 Å². The van der Waals surface area contributed by atoms with E-state index >= 15 is 0 Å². The quantitative estimate of drug-likeness (QED) is 0.699. The normalized spacial score (nSPS) is 19.6. The fourth-order valence-electron chi connectivity index (χ4n) is 3.25. The first-order valence-electron chi connectivity index (χ1n) is 8.73. The number of nitrogens with zero attached hydrogens (tertiary/aromatic N) is 1. The Balaban J connectivity index is 0.00000280. The summed E-state index contributed by atoms with van der Waals surface area (Å²) in [5.74, 6) is -0.396. The Labute approximate surface area is 171 Å². The number of amides is 1. The van der Waals surface area contributed by atoms with E-state index in [2.05, 4.69) is 11.9 Å². The summed E-state index contributed by atoms with van der Waals surface area (Å²) in [6, 6.07) is 15.5. The third-order valence-corrected chi connectivity index (χ3v) is 6.53. The molecule has 28 heavy (non-hydrogen) atoms. The Hall–Kier alpha value is -2.19. The van der Waals surface area contributed by atoms with Crippen molar-refractivity contribution in [2.75, 3.05) is 19.6 Å². The minimum absolute atomic E-state index is 0. The van der Waals surface area contributed by atoms with Gasteiger partial charge in [-0.2, -0.15) is 4.31 Å². The molecule has 1 saturated heterocycles. The molecule has 0 spiro atoms. The van der Waals surface area contributed by atoms with E-state index < -0.39 is 10.0 Å². The number of hydrogen-bond acceptors (Lipinski definition) is 4. The molecule has 150 valence electrons. The van der Waals surface area contributed by atoms with Crippen molar-refractivity contribution in [3.05, 3.63) is 78.4 Å². The molecule has 0 aliphatic carbocycles. The number of benzene rings is 2. The summed E-state index contributed by atoms with van der Waals surface area (Å²) >= 11 is 0. The van der Waals surface area contributed by atoms with Gasteiger partial charge in [0.2, 0.25) is 10.0 Å². The van der Waals surface area contributed by atoms with Gasteiger partial charge in [-0.05, 0) is 23.8 Å². The molecular weight excluding hydrogens is 398 g/mol. The third kappa shape index (κ3) is 4.62. The minimum Gasteiger partial charge on any atom is -0.349 e. The first kappa shape index (κ1) is 22.1. The molecule has 0 unspecified atom stereocenters. The molecule has 3 N–H and O–H groups in total. The average Bonchev–Trinajstić information content (AvgIpc) is 3.09. The molecule has 0 bridgehead atoms. The number of nitrogens with two attached hydrogens (primary N) is 1. The van der Waals surface area contributed by atoms with Gasteiger partial charge in [0.25, 0.3) is 5.91 Å². The lowest BCUT2D eigenvalue weighted by Crippen LogP contribution is -2.32. The van der Waals surface area contributed by atoms with Gasteiger partial charge in [0.05, 0.1) is 4.90 Å². The van der Waals surface area contributed by atoms with E-state index in [4.69, 9.17) is 5.73 Å². The summed E-state index contributed by atoms with van der Waals surface area (Å²) in [6.07, 6.45) is 1.56. The Morgan fingerprint density at radius 2 is 1.89 bits per heavy atom. The predicted molar refractivity (Wildman–Crippen MR) is 112 cm³/mol. The van der Waals surface area contributed by atoms with Crippen LogP contribution in [0.2, 0.25) is 0 Å². The molecule has 6 nitrogen and oxygen atoms in total. The van der Waals surface area contributed by atoms with Crippen molar-refractivity contribution in [3.8, 4) is 0 Å². The highest BCUT2D eigenvalue weighted by Crippen LogP contribution is 2.30. The van der Waals surface area contributed by atoms with Gasteiger partial charge in [-0.1, -0.05) is 42.5 Å². The lowest BCUT2D eigenvalue weighted by atomic mass is 9.95. The van der Waals surface area contributed by atoms with Gasteiger partial charge in [-0.3, -0.25) is 4.79 Å². The molecule has 0 saturated carbocycles. The molecule has 2 aromatic rings. The maximum absolute atomic E-state index is 13.1. The van der Waals surface area contributed by atoms with Crippen LogP contribution in [0.25, 0.3) is 0 Å². The van der Waals surface area contributed by atoms with Gasteiger partial charge in [0.1, 0.15) is 0 Å². The highest BCUT2D eigenvalue weighted by atomic mass is 35.5. The van der Waals surface area contributed by atoms with Gasteiger partial charge >= 0.3 is 0 Å². The van der Waals surface area contributed by atoms with E-state index in [9.17, 15) is 13.2 Å². The highest BCUT2D eigenvalue weighted by Gasteiger charge is 2.38. The predicted octanol–water partition coefficient (Wildman–Crippen LogP) is 2.14. The van der Waals surface area contributed by atoms with Crippen LogP contribution in [0.4, 0.5) is 0 Å². The zero-order valence-corrected chi connectivity index (χ0v) is 17.0. The number of sulfonamides is 1. The van der Waals surface area contributed by atoms with Crippen LogP contribution in [0.5, 0.6) is 0 Å². The number of hydrogen-bond donors (Lipinski definition) is 2. The molecule has 1 fully saturated rings. The van der Waals surface area contributed by atoms with E-state index in [1.807, 2.05) is 30.3 Å². The first-order valence-corrected chi connectivity index (χ1v) is 10.2. The molecule has 3 rings (SSSR count). The molecule has 2 aromatic carbocycles. The van der Waals surface area contributed by atoms with Crippen LogP contribution in [0, 0.1) is 0 Å². The van der Waals surface area contributed by atoms with Crippen LogP contribution in [-0.4, -0.2) is 44.3 Å². The lowest BCUT2D eigenvalue weighted by Gasteiger charge is -2.17. The van der Waals surface area contributed by atoms with E-state index in [0.29, 0.717) is 18.7 Å². The summed E-state index contributed by atoms with van der Waals surface area (Å²) in [7, 11) is -3.74. The zero-order chi connectivity index (χ0) is 19.4. The maximum atomic E-state index is 13.1. The summed E-state index contributed by atoms with van der Waals surface area (Å²) in [5.41, 5.74) is 7.55. The number of rotatable bonds is 6. The van der Waals surface area contributed by atoms with Crippen molar-refractivity contribution in [3.63, 3.8) is 0 Å². The second kappa shape index (κ2) is 9.34.